The molecule has 0 unspecified atom stereocenters. The van der Waals surface area contributed by atoms with E-state index in [0.29, 0.717) is 17.4 Å². The van der Waals surface area contributed by atoms with E-state index in [1.807, 2.05) is 0 Å². The van der Waals surface area contributed by atoms with Gasteiger partial charge in [0.1, 0.15) is 11.4 Å². The van der Waals surface area contributed by atoms with Crippen LogP contribution in [0.25, 0.3) is 10.8 Å². The molecule has 0 aliphatic heterocycles. The molecule has 0 radical (unpaired) electrons. The molecule has 1 saturated carbocycles. The molecule has 0 bridgehead atoms. The summed E-state index contributed by atoms with van der Waals surface area (Å²) in [5, 5.41) is 10.9. The van der Waals surface area contributed by atoms with Crippen LogP contribution in [0.15, 0.2) is 30.5 Å². The summed E-state index contributed by atoms with van der Waals surface area (Å²) in [5.41, 5.74) is 0.971. The first-order valence-electron chi connectivity index (χ1n) is 8.44. The van der Waals surface area contributed by atoms with Crippen molar-refractivity contribution in [2.24, 2.45) is 11.3 Å². The van der Waals surface area contributed by atoms with Gasteiger partial charge in [0.05, 0.1) is 0 Å². The van der Waals surface area contributed by atoms with Gasteiger partial charge in [-0.1, -0.05) is 46.1 Å². The molecule has 124 valence electrons. The summed E-state index contributed by atoms with van der Waals surface area (Å²) in [6.45, 7) is 7.13. The number of carbonyl (C=O) groups excluding carboxylic acids is 1. The number of aldehydes is 1. The number of hydrogen-bond acceptors (Lipinski definition) is 3. The van der Waals surface area contributed by atoms with Crippen LogP contribution >= 0.6 is 0 Å². The Kier molecular flexibility index (Phi) is 5.75. The number of hydrogen-bond donors (Lipinski definition) is 1. The minimum Gasteiger partial charge on any atom is -0.508 e. The first-order chi connectivity index (χ1) is 10.9. The molecule has 3 heteroatoms. The lowest BCUT2D eigenvalue weighted by Gasteiger charge is -2.33. The molecule has 0 saturated heterocycles. The summed E-state index contributed by atoms with van der Waals surface area (Å²) >= 11 is 0. The van der Waals surface area contributed by atoms with Gasteiger partial charge in [0, 0.05) is 11.6 Å². The Labute approximate surface area is 138 Å². The van der Waals surface area contributed by atoms with E-state index in [0.717, 1.165) is 16.7 Å². The number of aromatic hydroxyl groups is 1. The minimum atomic E-state index is 0.202. The summed E-state index contributed by atoms with van der Waals surface area (Å²) < 4.78 is 0. The lowest BCUT2D eigenvalue weighted by atomic mass is 9.72. The number of rotatable bonds is 1. The first kappa shape index (κ1) is 17.5. The zero-order chi connectivity index (χ0) is 16.9. The van der Waals surface area contributed by atoms with Crippen LogP contribution in [0.1, 0.15) is 63.4 Å². The van der Waals surface area contributed by atoms with Crippen LogP contribution < -0.4 is 0 Å². The maximum absolute atomic E-state index is 10.4. The second-order valence-electron chi connectivity index (χ2n) is 7.46. The van der Waals surface area contributed by atoms with Gasteiger partial charge in [-0.2, -0.15) is 0 Å². The Morgan fingerprint density at radius 3 is 2.35 bits per heavy atom. The Balaban J connectivity index is 0.000000174. The Hall–Kier alpha value is -1.90. The van der Waals surface area contributed by atoms with Crippen LogP contribution in [0.2, 0.25) is 0 Å². The van der Waals surface area contributed by atoms with Crippen molar-refractivity contribution in [3.05, 3.63) is 36.2 Å². The Bertz CT molecular complexity index is 652. The number of benzene rings is 1. The number of aromatic nitrogens is 1. The molecule has 1 aliphatic carbocycles. The zero-order valence-corrected chi connectivity index (χ0v) is 14.4. The van der Waals surface area contributed by atoms with Crippen molar-refractivity contribution in [3.8, 4) is 5.75 Å². The van der Waals surface area contributed by atoms with E-state index in [2.05, 4.69) is 25.8 Å². The summed E-state index contributed by atoms with van der Waals surface area (Å²) in [6, 6.07) is 6.62. The van der Waals surface area contributed by atoms with Gasteiger partial charge in [0.2, 0.25) is 0 Å². The second-order valence-corrected chi connectivity index (χ2v) is 7.46. The highest BCUT2D eigenvalue weighted by Gasteiger charge is 2.25. The monoisotopic (exact) mass is 313 g/mol. The van der Waals surface area contributed by atoms with E-state index in [9.17, 15) is 4.79 Å². The Morgan fingerprint density at radius 1 is 1.09 bits per heavy atom. The molecule has 1 heterocycles. The highest BCUT2D eigenvalue weighted by atomic mass is 16.3. The third kappa shape index (κ3) is 5.05. The van der Waals surface area contributed by atoms with Gasteiger partial charge in [-0.25, -0.2) is 0 Å². The quantitative estimate of drug-likeness (QED) is 0.720. The topological polar surface area (TPSA) is 50.2 Å². The average molecular weight is 313 g/mol. The third-order valence-electron chi connectivity index (χ3n) is 4.68. The molecule has 1 aromatic heterocycles. The summed E-state index contributed by atoms with van der Waals surface area (Å²) in [5.74, 6) is 1.20. The predicted molar refractivity (Wildman–Crippen MR) is 94.8 cm³/mol. The largest absolute Gasteiger partial charge is 0.508 e. The van der Waals surface area contributed by atoms with Gasteiger partial charge in [0.25, 0.3) is 0 Å². The molecule has 1 N–H and O–H groups in total. The van der Waals surface area contributed by atoms with Crippen molar-refractivity contribution in [1.82, 2.24) is 4.98 Å². The van der Waals surface area contributed by atoms with Crippen LogP contribution in [0.3, 0.4) is 0 Å². The van der Waals surface area contributed by atoms with Crippen molar-refractivity contribution >= 4 is 17.1 Å². The van der Waals surface area contributed by atoms with Gasteiger partial charge in [-0.3, -0.25) is 9.78 Å². The molecular weight excluding hydrogens is 286 g/mol. The second kappa shape index (κ2) is 7.58. The van der Waals surface area contributed by atoms with Crippen LogP contribution in [-0.4, -0.2) is 16.4 Å². The minimum absolute atomic E-state index is 0.202. The normalized spacial score (nSPS) is 15.8. The lowest BCUT2D eigenvalue weighted by Crippen LogP contribution is -2.22. The standard InChI is InChI=1S/C10H7NO2.C10H20/c12-6-9-3-7-1-2-10(13)4-8(7)5-11-9;1-10(2,3)9-7-5-4-6-8-9/h1-6,13H;9H,4-8H2,1-3H3. The Morgan fingerprint density at radius 2 is 1.78 bits per heavy atom. The number of phenols is 1. The van der Waals surface area contributed by atoms with Gasteiger partial charge in [0.15, 0.2) is 6.29 Å². The highest BCUT2D eigenvalue weighted by molar-refractivity contribution is 5.87. The van der Waals surface area contributed by atoms with Gasteiger partial charge < -0.3 is 5.11 Å². The lowest BCUT2D eigenvalue weighted by molar-refractivity contribution is 0.111. The molecule has 1 aromatic carbocycles. The summed E-state index contributed by atoms with van der Waals surface area (Å²) in [4.78, 5) is 14.3. The van der Waals surface area contributed by atoms with Gasteiger partial charge >= 0.3 is 0 Å². The number of pyridine rings is 1. The molecule has 0 spiro atoms. The highest BCUT2D eigenvalue weighted by Crippen LogP contribution is 2.37. The summed E-state index contributed by atoms with van der Waals surface area (Å²) in [7, 11) is 0. The van der Waals surface area contributed by atoms with Crippen molar-refractivity contribution in [2.75, 3.05) is 0 Å². The maximum atomic E-state index is 10.4. The van der Waals surface area contributed by atoms with Gasteiger partial charge in [-0.15, -0.1) is 0 Å². The van der Waals surface area contributed by atoms with E-state index >= 15 is 0 Å². The van der Waals surface area contributed by atoms with Crippen LogP contribution in [0, 0.1) is 11.3 Å². The SMILES string of the molecule is CC(C)(C)C1CCCCC1.O=Cc1cc2ccc(O)cc2cn1. The van der Waals surface area contributed by atoms with Gasteiger partial charge in [-0.05, 0) is 47.8 Å². The number of fused-ring (bicyclic) bond motifs is 1. The molecule has 1 aliphatic rings. The fraction of sp³-hybridized carbons (Fsp3) is 0.500. The van der Waals surface area contributed by atoms with Crippen molar-refractivity contribution < 1.29 is 9.90 Å². The maximum Gasteiger partial charge on any atom is 0.168 e. The van der Waals surface area contributed by atoms with Crippen LogP contribution in [0.4, 0.5) is 0 Å². The number of phenolic OH excluding ortho intramolecular Hbond substituents is 1. The van der Waals surface area contributed by atoms with E-state index in [1.165, 1.54) is 32.1 Å². The van der Waals surface area contributed by atoms with Crippen LogP contribution in [0.5, 0.6) is 5.75 Å². The molecular formula is C20H27NO2. The van der Waals surface area contributed by atoms with E-state index in [1.54, 1.807) is 30.5 Å². The zero-order valence-electron chi connectivity index (χ0n) is 14.4. The van der Waals surface area contributed by atoms with E-state index in [-0.39, 0.29) is 5.75 Å². The van der Waals surface area contributed by atoms with Crippen LogP contribution in [-0.2, 0) is 0 Å². The molecule has 1 fully saturated rings. The molecule has 3 nitrogen and oxygen atoms in total. The molecule has 0 amide bonds. The van der Waals surface area contributed by atoms with E-state index < -0.39 is 0 Å². The number of nitrogens with zero attached hydrogens (tertiary/aromatic N) is 1. The molecule has 0 atom stereocenters. The summed E-state index contributed by atoms with van der Waals surface area (Å²) in [6.07, 6.45) is 9.65. The van der Waals surface area contributed by atoms with Crippen molar-refractivity contribution in [2.45, 2.75) is 52.9 Å². The molecule has 2 aromatic rings. The first-order valence-corrected chi connectivity index (χ1v) is 8.44. The molecule has 23 heavy (non-hydrogen) atoms. The fourth-order valence-electron chi connectivity index (χ4n) is 3.18. The third-order valence-corrected chi connectivity index (χ3v) is 4.68. The fourth-order valence-corrected chi connectivity index (χ4v) is 3.18. The molecule has 3 rings (SSSR count). The predicted octanol–water partition coefficient (Wildman–Crippen LogP) is 5.37. The smallest absolute Gasteiger partial charge is 0.168 e. The van der Waals surface area contributed by atoms with E-state index in [4.69, 9.17) is 5.11 Å². The average Bonchev–Trinajstić information content (AvgIpc) is 2.55. The van der Waals surface area contributed by atoms with Crippen molar-refractivity contribution in [1.29, 1.82) is 0 Å². The number of carbonyl (C=O) groups is 1. The van der Waals surface area contributed by atoms with Crippen molar-refractivity contribution in [3.63, 3.8) is 0 Å².